The Kier molecular flexibility index (Phi) is 5.00. The minimum Gasteiger partial charge on any atom is -0.341 e. The van der Waals surface area contributed by atoms with Gasteiger partial charge in [0.05, 0.1) is 0 Å². The molecule has 25 heavy (non-hydrogen) atoms. The van der Waals surface area contributed by atoms with E-state index in [0.717, 1.165) is 11.1 Å². The van der Waals surface area contributed by atoms with Crippen molar-refractivity contribution in [2.45, 2.75) is 25.3 Å². The van der Waals surface area contributed by atoms with Crippen LogP contribution in [0.25, 0.3) is 0 Å². The van der Waals surface area contributed by atoms with E-state index in [-0.39, 0.29) is 17.6 Å². The van der Waals surface area contributed by atoms with Crippen molar-refractivity contribution in [2.75, 3.05) is 13.1 Å². The van der Waals surface area contributed by atoms with Gasteiger partial charge in [0.25, 0.3) is 0 Å². The van der Waals surface area contributed by atoms with E-state index in [1.807, 2.05) is 60.7 Å². The molecule has 0 bridgehead atoms. The second-order valence-corrected chi connectivity index (χ2v) is 6.87. The Morgan fingerprint density at radius 2 is 1.48 bits per heavy atom. The molecule has 1 saturated heterocycles. The molecule has 130 valence electrons. The molecule has 4 heteroatoms. The van der Waals surface area contributed by atoms with E-state index in [1.165, 1.54) is 0 Å². The van der Waals surface area contributed by atoms with Crippen molar-refractivity contribution in [1.82, 2.24) is 4.90 Å². The van der Waals surface area contributed by atoms with Crippen LogP contribution in [-0.2, 0) is 10.3 Å². The Morgan fingerprint density at radius 1 is 0.960 bits per heavy atom. The topological polar surface area (TPSA) is 63.4 Å². The summed E-state index contributed by atoms with van der Waals surface area (Å²) < 4.78 is 0. The van der Waals surface area contributed by atoms with Crippen LogP contribution in [0.2, 0.25) is 0 Å². The summed E-state index contributed by atoms with van der Waals surface area (Å²) in [5, 5.41) is 0. The molecular formula is C21H24N2O2. The zero-order valence-corrected chi connectivity index (χ0v) is 14.5. The van der Waals surface area contributed by atoms with Gasteiger partial charge in [-0.1, -0.05) is 60.7 Å². The highest BCUT2D eigenvalue weighted by Crippen LogP contribution is 2.26. The third-order valence-corrected chi connectivity index (χ3v) is 5.03. The number of nitrogens with zero attached hydrogens (tertiary/aromatic N) is 1. The molecule has 0 radical (unpaired) electrons. The minimum absolute atomic E-state index is 0.0211. The van der Waals surface area contributed by atoms with Crippen molar-refractivity contribution < 1.29 is 9.59 Å². The Labute approximate surface area is 148 Å². The SMILES string of the molecule is CC(N)(C(=O)N1CCC(C(=O)c2ccccc2)CC1)c1ccccc1. The largest absolute Gasteiger partial charge is 0.341 e. The fraction of sp³-hybridized carbons (Fsp3) is 0.333. The lowest BCUT2D eigenvalue weighted by atomic mass is 9.86. The molecule has 1 heterocycles. The van der Waals surface area contributed by atoms with Crippen LogP contribution >= 0.6 is 0 Å². The first-order valence-corrected chi connectivity index (χ1v) is 8.73. The zero-order valence-electron chi connectivity index (χ0n) is 14.5. The number of ketones is 1. The average molecular weight is 336 g/mol. The normalized spacial score (nSPS) is 17.8. The number of piperidine rings is 1. The summed E-state index contributed by atoms with van der Waals surface area (Å²) in [5.74, 6) is 0.0720. The molecule has 3 rings (SSSR count). The molecular weight excluding hydrogens is 312 g/mol. The second-order valence-electron chi connectivity index (χ2n) is 6.87. The number of amides is 1. The molecule has 1 amide bonds. The fourth-order valence-electron chi connectivity index (χ4n) is 3.42. The first-order chi connectivity index (χ1) is 12.0. The van der Waals surface area contributed by atoms with Crippen molar-refractivity contribution in [3.63, 3.8) is 0 Å². The minimum atomic E-state index is -1.04. The number of Topliss-reactive ketones (excluding diaryl/α,β-unsaturated/α-hetero) is 1. The van der Waals surface area contributed by atoms with Crippen LogP contribution in [0, 0.1) is 5.92 Å². The van der Waals surface area contributed by atoms with E-state index >= 15 is 0 Å². The Balaban J connectivity index is 1.64. The van der Waals surface area contributed by atoms with Crippen LogP contribution in [0.1, 0.15) is 35.7 Å². The van der Waals surface area contributed by atoms with Gasteiger partial charge in [0.1, 0.15) is 5.54 Å². The van der Waals surface area contributed by atoms with Crippen LogP contribution in [0.5, 0.6) is 0 Å². The molecule has 0 aliphatic carbocycles. The molecule has 2 aromatic carbocycles. The predicted octanol–water partition coefficient (Wildman–Crippen LogP) is 2.98. The van der Waals surface area contributed by atoms with Gasteiger partial charge in [0.15, 0.2) is 5.78 Å². The number of nitrogens with two attached hydrogens (primary N) is 1. The Morgan fingerprint density at radius 3 is 2.04 bits per heavy atom. The van der Waals surface area contributed by atoms with Crippen LogP contribution in [0.4, 0.5) is 0 Å². The van der Waals surface area contributed by atoms with E-state index in [2.05, 4.69) is 0 Å². The van der Waals surface area contributed by atoms with Gasteiger partial charge in [-0.05, 0) is 25.3 Å². The monoisotopic (exact) mass is 336 g/mol. The van der Waals surface area contributed by atoms with Gasteiger partial charge in [0, 0.05) is 24.6 Å². The number of benzene rings is 2. The van der Waals surface area contributed by atoms with Crippen molar-refractivity contribution in [2.24, 2.45) is 11.7 Å². The number of likely N-dealkylation sites (tertiary alicyclic amines) is 1. The molecule has 0 spiro atoms. The standard InChI is InChI=1S/C21H24N2O2/c1-21(22,18-10-6-3-7-11-18)20(25)23-14-12-17(13-15-23)19(24)16-8-4-2-5-9-16/h2-11,17H,12-15,22H2,1H3. The number of rotatable bonds is 4. The summed E-state index contributed by atoms with van der Waals surface area (Å²) in [6, 6.07) is 18.8. The van der Waals surface area contributed by atoms with E-state index in [1.54, 1.807) is 11.8 Å². The molecule has 0 aromatic heterocycles. The fourth-order valence-corrected chi connectivity index (χ4v) is 3.42. The maximum atomic E-state index is 12.9. The lowest BCUT2D eigenvalue weighted by Crippen LogP contribution is -2.53. The summed E-state index contributed by atoms with van der Waals surface area (Å²) in [6.07, 6.45) is 1.37. The van der Waals surface area contributed by atoms with Crippen LogP contribution in [0.15, 0.2) is 60.7 Å². The maximum Gasteiger partial charge on any atom is 0.246 e. The lowest BCUT2D eigenvalue weighted by molar-refractivity contribution is -0.138. The summed E-state index contributed by atoms with van der Waals surface area (Å²) in [7, 11) is 0. The van der Waals surface area contributed by atoms with Gasteiger partial charge in [0.2, 0.25) is 5.91 Å². The molecule has 1 aliphatic heterocycles. The number of carbonyl (C=O) groups excluding carboxylic acids is 2. The van der Waals surface area contributed by atoms with E-state index < -0.39 is 5.54 Å². The highest BCUT2D eigenvalue weighted by Gasteiger charge is 2.37. The molecule has 4 nitrogen and oxygen atoms in total. The zero-order chi connectivity index (χ0) is 17.9. The smallest absolute Gasteiger partial charge is 0.246 e. The van der Waals surface area contributed by atoms with Gasteiger partial charge < -0.3 is 10.6 Å². The summed E-state index contributed by atoms with van der Waals surface area (Å²) in [5.41, 5.74) is 6.85. The van der Waals surface area contributed by atoms with Crippen molar-refractivity contribution in [3.8, 4) is 0 Å². The highest BCUT2D eigenvalue weighted by molar-refractivity contribution is 5.98. The number of carbonyl (C=O) groups is 2. The van der Waals surface area contributed by atoms with Gasteiger partial charge >= 0.3 is 0 Å². The van der Waals surface area contributed by atoms with Gasteiger partial charge in [-0.15, -0.1) is 0 Å². The molecule has 1 atom stereocenters. The summed E-state index contributed by atoms with van der Waals surface area (Å²) >= 11 is 0. The van der Waals surface area contributed by atoms with Crippen LogP contribution in [0.3, 0.4) is 0 Å². The summed E-state index contributed by atoms with van der Waals surface area (Å²) in [4.78, 5) is 27.2. The van der Waals surface area contributed by atoms with Crippen molar-refractivity contribution in [3.05, 3.63) is 71.8 Å². The van der Waals surface area contributed by atoms with Crippen LogP contribution in [-0.4, -0.2) is 29.7 Å². The lowest BCUT2D eigenvalue weighted by Gasteiger charge is -2.36. The molecule has 2 aromatic rings. The Bertz CT molecular complexity index is 733. The molecule has 1 fully saturated rings. The molecule has 2 N–H and O–H groups in total. The van der Waals surface area contributed by atoms with E-state index in [0.29, 0.717) is 25.9 Å². The van der Waals surface area contributed by atoms with Gasteiger partial charge in [-0.3, -0.25) is 9.59 Å². The molecule has 1 unspecified atom stereocenters. The first-order valence-electron chi connectivity index (χ1n) is 8.73. The molecule has 0 saturated carbocycles. The number of hydrogen-bond donors (Lipinski definition) is 1. The second kappa shape index (κ2) is 7.19. The quantitative estimate of drug-likeness (QED) is 0.873. The predicted molar refractivity (Wildman–Crippen MR) is 98.1 cm³/mol. The van der Waals surface area contributed by atoms with Crippen molar-refractivity contribution in [1.29, 1.82) is 0 Å². The first kappa shape index (κ1) is 17.4. The van der Waals surface area contributed by atoms with E-state index in [4.69, 9.17) is 5.73 Å². The third kappa shape index (κ3) is 3.64. The van der Waals surface area contributed by atoms with Gasteiger partial charge in [-0.25, -0.2) is 0 Å². The maximum absolute atomic E-state index is 12.9. The van der Waals surface area contributed by atoms with Crippen LogP contribution < -0.4 is 5.73 Å². The number of hydrogen-bond acceptors (Lipinski definition) is 3. The average Bonchev–Trinajstić information content (AvgIpc) is 2.68. The van der Waals surface area contributed by atoms with Gasteiger partial charge in [-0.2, -0.15) is 0 Å². The van der Waals surface area contributed by atoms with Crippen molar-refractivity contribution >= 4 is 11.7 Å². The third-order valence-electron chi connectivity index (χ3n) is 5.03. The summed E-state index contributed by atoms with van der Waals surface area (Å²) in [6.45, 7) is 2.90. The molecule has 1 aliphatic rings. The highest BCUT2D eigenvalue weighted by atomic mass is 16.2. The van der Waals surface area contributed by atoms with E-state index in [9.17, 15) is 9.59 Å². The Hall–Kier alpha value is -2.46.